The van der Waals surface area contributed by atoms with E-state index in [0.717, 1.165) is 60.7 Å². The average molecular weight is 526 g/mol. The number of thiazole rings is 1. The van der Waals surface area contributed by atoms with Gasteiger partial charge in [-0.2, -0.15) is 0 Å². The molecule has 0 aliphatic carbocycles. The van der Waals surface area contributed by atoms with E-state index in [4.69, 9.17) is 14.1 Å². The SMILES string of the molecule is CCNC(=NCc1ccc(-c2nc3ccccc3s2)o1)N(C)CC1CCOC1.I. The molecule has 1 unspecified atom stereocenters. The first-order chi connectivity index (χ1) is 13.7. The molecule has 1 fully saturated rings. The summed E-state index contributed by atoms with van der Waals surface area (Å²) >= 11 is 1.65. The number of guanidine groups is 1. The molecule has 8 heteroatoms. The summed E-state index contributed by atoms with van der Waals surface area (Å²) in [5.41, 5.74) is 1.01. The van der Waals surface area contributed by atoms with E-state index < -0.39 is 0 Å². The van der Waals surface area contributed by atoms with Crippen molar-refractivity contribution in [3.05, 3.63) is 42.2 Å². The Morgan fingerprint density at radius 3 is 2.93 bits per heavy atom. The molecule has 0 spiro atoms. The number of hydrogen-bond donors (Lipinski definition) is 1. The first kappa shape index (κ1) is 22.0. The predicted molar refractivity (Wildman–Crippen MR) is 129 cm³/mol. The summed E-state index contributed by atoms with van der Waals surface area (Å²) in [5.74, 6) is 3.10. The number of hydrogen-bond acceptors (Lipinski definition) is 5. The van der Waals surface area contributed by atoms with Crippen LogP contribution in [0.1, 0.15) is 19.1 Å². The van der Waals surface area contributed by atoms with E-state index in [9.17, 15) is 0 Å². The summed E-state index contributed by atoms with van der Waals surface area (Å²) in [7, 11) is 2.08. The minimum absolute atomic E-state index is 0. The van der Waals surface area contributed by atoms with Crippen molar-refractivity contribution in [2.75, 3.05) is 33.4 Å². The normalized spacial score (nSPS) is 16.8. The third-order valence-corrected chi connectivity index (χ3v) is 5.85. The maximum absolute atomic E-state index is 6.02. The molecule has 1 aliphatic heterocycles. The zero-order chi connectivity index (χ0) is 19.3. The molecular formula is C21H27IN4O2S. The largest absolute Gasteiger partial charge is 0.457 e. The number of nitrogens with one attached hydrogen (secondary N) is 1. The van der Waals surface area contributed by atoms with Gasteiger partial charge in [0.15, 0.2) is 16.7 Å². The first-order valence-corrected chi connectivity index (χ1v) is 10.6. The van der Waals surface area contributed by atoms with Gasteiger partial charge >= 0.3 is 0 Å². The average Bonchev–Trinajstić information content (AvgIpc) is 3.44. The number of aromatic nitrogens is 1. The van der Waals surface area contributed by atoms with Gasteiger partial charge in [0.2, 0.25) is 0 Å². The molecule has 3 heterocycles. The highest BCUT2D eigenvalue weighted by Crippen LogP contribution is 2.31. The van der Waals surface area contributed by atoms with Gasteiger partial charge in [-0.05, 0) is 37.6 Å². The van der Waals surface area contributed by atoms with Crippen LogP contribution in [-0.2, 0) is 11.3 Å². The van der Waals surface area contributed by atoms with Crippen molar-refractivity contribution >= 4 is 51.5 Å². The zero-order valence-electron chi connectivity index (χ0n) is 16.8. The van der Waals surface area contributed by atoms with Crippen LogP contribution in [0, 0.1) is 5.92 Å². The second kappa shape index (κ2) is 10.4. The lowest BCUT2D eigenvalue weighted by molar-refractivity contribution is 0.181. The van der Waals surface area contributed by atoms with E-state index in [1.165, 1.54) is 4.70 Å². The molecule has 6 nitrogen and oxygen atoms in total. The fourth-order valence-electron chi connectivity index (χ4n) is 3.38. The molecule has 1 N–H and O–H groups in total. The first-order valence-electron chi connectivity index (χ1n) is 9.74. The molecule has 1 atom stereocenters. The lowest BCUT2D eigenvalue weighted by atomic mass is 10.1. The van der Waals surface area contributed by atoms with Crippen LogP contribution >= 0.6 is 35.3 Å². The van der Waals surface area contributed by atoms with Crippen molar-refractivity contribution in [3.8, 4) is 10.8 Å². The molecule has 0 saturated carbocycles. The molecule has 0 amide bonds. The maximum Gasteiger partial charge on any atom is 0.194 e. The number of furan rings is 1. The Hall–Kier alpha value is -1.65. The van der Waals surface area contributed by atoms with Gasteiger partial charge in [-0.15, -0.1) is 35.3 Å². The van der Waals surface area contributed by atoms with E-state index in [1.807, 2.05) is 30.3 Å². The molecule has 29 heavy (non-hydrogen) atoms. The van der Waals surface area contributed by atoms with Gasteiger partial charge in [0.05, 0.1) is 16.8 Å². The van der Waals surface area contributed by atoms with Crippen LogP contribution in [0.5, 0.6) is 0 Å². The molecule has 3 aromatic rings. The Morgan fingerprint density at radius 2 is 2.17 bits per heavy atom. The van der Waals surface area contributed by atoms with Crippen LogP contribution in [0.4, 0.5) is 0 Å². The number of halogens is 1. The fraction of sp³-hybridized carbons (Fsp3) is 0.429. The van der Waals surface area contributed by atoms with Gasteiger partial charge in [0.1, 0.15) is 12.3 Å². The molecule has 1 aromatic carbocycles. The van der Waals surface area contributed by atoms with Crippen molar-refractivity contribution in [3.63, 3.8) is 0 Å². The highest BCUT2D eigenvalue weighted by molar-refractivity contribution is 14.0. The number of benzene rings is 1. The van der Waals surface area contributed by atoms with Gasteiger partial charge in [0.25, 0.3) is 0 Å². The van der Waals surface area contributed by atoms with E-state index in [0.29, 0.717) is 12.5 Å². The maximum atomic E-state index is 6.02. The Morgan fingerprint density at radius 1 is 1.31 bits per heavy atom. The predicted octanol–water partition coefficient (Wildman–Crippen LogP) is 4.61. The summed E-state index contributed by atoms with van der Waals surface area (Å²) in [4.78, 5) is 11.6. The third-order valence-electron chi connectivity index (χ3n) is 4.80. The summed E-state index contributed by atoms with van der Waals surface area (Å²) in [5, 5.41) is 4.27. The number of aliphatic imine (C=N–C) groups is 1. The molecule has 0 radical (unpaired) electrons. The molecule has 156 valence electrons. The number of rotatable bonds is 6. The minimum atomic E-state index is 0. The van der Waals surface area contributed by atoms with Crippen molar-refractivity contribution in [1.82, 2.24) is 15.2 Å². The lowest BCUT2D eigenvalue weighted by Crippen LogP contribution is -2.41. The van der Waals surface area contributed by atoms with Crippen LogP contribution in [0.3, 0.4) is 0 Å². The van der Waals surface area contributed by atoms with Gasteiger partial charge in [-0.25, -0.2) is 9.98 Å². The van der Waals surface area contributed by atoms with Crippen molar-refractivity contribution in [2.24, 2.45) is 10.9 Å². The lowest BCUT2D eigenvalue weighted by Gasteiger charge is -2.24. The molecule has 1 aliphatic rings. The van der Waals surface area contributed by atoms with Gasteiger partial charge < -0.3 is 19.4 Å². The van der Waals surface area contributed by atoms with Crippen LogP contribution in [0.2, 0.25) is 0 Å². The molecule has 1 saturated heterocycles. The Bertz CT molecular complexity index is 916. The van der Waals surface area contributed by atoms with Crippen molar-refractivity contribution < 1.29 is 9.15 Å². The van der Waals surface area contributed by atoms with Gasteiger partial charge in [-0.1, -0.05) is 12.1 Å². The van der Waals surface area contributed by atoms with E-state index >= 15 is 0 Å². The highest BCUT2D eigenvalue weighted by atomic mass is 127. The fourth-order valence-corrected chi connectivity index (χ4v) is 4.31. The van der Waals surface area contributed by atoms with Gasteiger partial charge in [-0.3, -0.25) is 0 Å². The standard InChI is InChI=1S/C21H26N4O2S.HI/c1-3-22-21(25(2)13-15-10-11-26-14-15)23-12-16-8-9-18(27-16)20-24-17-6-4-5-7-19(17)28-20;/h4-9,15H,3,10-14H2,1-2H3,(H,22,23);1H. The van der Waals surface area contributed by atoms with E-state index in [2.05, 4.69) is 35.2 Å². The minimum Gasteiger partial charge on any atom is -0.457 e. The monoisotopic (exact) mass is 526 g/mol. The molecule has 0 bridgehead atoms. The third kappa shape index (κ3) is 5.49. The summed E-state index contributed by atoms with van der Waals surface area (Å²) in [6, 6.07) is 12.1. The van der Waals surface area contributed by atoms with Crippen LogP contribution in [0.15, 0.2) is 45.8 Å². The molecule has 4 rings (SSSR count). The summed E-state index contributed by atoms with van der Waals surface area (Å²) < 4.78 is 12.7. The second-order valence-corrected chi connectivity index (χ2v) is 8.06. The Labute approximate surface area is 192 Å². The van der Waals surface area contributed by atoms with Crippen molar-refractivity contribution in [2.45, 2.75) is 19.9 Å². The van der Waals surface area contributed by atoms with E-state index in [-0.39, 0.29) is 24.0 Å². The van der Waals surface area contributed by atoms with Crippen LogP contribution in [-0.4, -0.2) is 49.2 Å². The van der Waals surface area contributed by atoms with Crippen molar-refractivity contribution in [1.29, 1.82) is 0 Å². The quantitative estimate of drug-likeness (QED) is 0.289. The molecule has 2 aromatic heterocycles. The number of ether oxygens (including phenoxy) is 1. The zero-order valence-corrected chi connectivity index (χ0v) is 19.9. The Balaban J connectivity index is 0.00000240. The number of fused-ring (bicyclic) bond motifs is 1. The van der Waals surface area contributed by atoms with Crippen LogP contribution < -0.4 is 5.32 Å². The van der Waals surface area contributed by atoms with Gasteiger partial charge in [0, 0.05) is 32.7 Å². The summed E-state index contributed by atoms with van der Waals surface area (Å²) in [6.45, 7) is 6.07. The topological polar surface area (TPSA) is 62.9 Å². The number of para-hydroxylation sites is 1. The van der Waals surface area contributed by atoms with E-state index in [1.54, 1.807) is 11.3 Å². The second-order valence-electron chi connectivity index (χ2n) is 7.03. The molecular weight excluding hydrogens is 499 g/mol. The Kier molecular flexibility index (Phi) is 7.91. The summed E-state index contributed by atoms with van der Waals surface area (Å²) in [6.07, 6.45) is 1.12. The van der Waals surface area contributed by atoms with Crippen LogP contribution in [0.25, 0.3) is 21.0 Å². The highest BCUT2D eigenvalue weighted by Gasteiger charge is 2.19. The number of nitrogens with zero attached hydrogens (tertiary/aromatic N) is 3. The smallest absolute Gasteiger partial charge is 0.194 e.